The van der Waals surface area contributed by atoms with Crippen molar-refractivity contribution in [1.29, 1.82) is 0 Å². The van der Waals surface area contributed by atoms with Crippen LogP contribution in [0.5, 0.6) is 0 Å². The molecule has 13 heteroatoms. The molecule has 0 radical (unpaired) electrons. The van der Waals surface area contributed by atoms with E-state index in [-0.39, 0.29) is 17.3 Å². The van der Waals surface area contributed by atoms with E-state index < -0.39 is 53.3 Å². The van der Waals surface area contributed by atoms with Crippen molar-refractivity contribution in [2.75, 3.05) is 6.54 Å². The molecule has 0 spiro atoms. The molecule has 1 aliphatic rings. The van der Waals surface area contributed by atoms with Crippen LogP contribution in [-0.4, -0.2) is 73.6 Å². The van der Waals surface area contributed by atoms with E-state index in [1.54, 1.807) is 58.0 Å². The summed E-state index contributed by atoms with van der Waals surface area (Å²) in [6, 6.07) is 2.24. The topological polar surface area (TPSA) is 194 Å². The van der Waals surface area contributed by atoms with Gasteiger partial charge < -0.3 is 25.8 Å². The lowest BCUT2D eigenvalue weighted by Crippen LogP contribution is -2.61. The van der Waals surface area contributed by atoms with Crippen LogP contribution in [0.2, 0.25) is 0 Å². The van der Waals surface area contributed by atoms with Gasteiger partial charge in [-0.3, -0.25) is 29.0 Å². The van der Waals surface area contributed by atoms with Crippen LogP contribution in [0.1, 0.15) is 71.9 Å². The molecule has 6 N–H and O–H groups in total. The number of hydrazine groups is 1. The lowest BCUT2D eigenvalue weighted by Gasteiger charge is -2.34. The first-order valence-electron chi connectivity index (χ1n) is 13.9. The van der Waals surface area contributed by atoms with E-state index in [0.29, 0.717) is 35.9 Å². The van der Waals surface area contributed by atoms with Crippen LogP contribution >= 0.6 is 0 Å². The second-order valence-corrected chi connectivity index (χ2v) is 11.5. The number of carboxylic acids is 1. The van der Waals surface area contributed by atoms with Gasteiger partial charge >= 0.3 is 5.97 Å². The minimum absolute atomic E-state index is 0.152. The standard InChI is InChI=1S/C29H40N6O7/c1-15(2)22(25(38)30-16(3)26(39)35-13-7-8-20(34-35)27(40)41)32-28(42)29(5,6)12-11-18-9-10-19-21(14-18)31-23(17(4)36)33-24(19)37/h9-12,14-17,20,22,34,36H,7-8,13H2,1-6H3,(H,30,38)(H,32,42)(H,40,41)(H,31,33,37). The Morgan fingerprint density at radius 1 is 1.14 bits per heavy atom. The molecule has 0 aliphatic carbocycles. The highest BCUT2D eigenvalue weighted by Gasteiger charge is 2.34. The number of hydrogen-bond donors (Lipinski definition) is 6. The van der Waals surface area contributed by atoms with Crippen molar-refractivity contribution in [2.24, 2.45) is 11.3 Å². The summed E-state index contributed by atoms with van der Waals surface area (Å²) in [4.78, 5) is 69.8. The van der Waals surface area contributed by atoms with Crippen LogP contribution in [0.4, 0.5) is 0 Å². The van der Waals surface area contributed by atoms with Gasteiger partial charge in [0.05, 0.1) is 16.3 Å². The number of aromatic amines is 1. The van der Waals surface area contributed by atoms with Crippen LogP contribution in [0.15, 0.2) is 29.1 Å². The smallest absolute Gasteiger partial charge is 0.322 e. The molecule has 1 aliphatic heterocycles. The predicted molar refractivity (Wildman–Crippen MR) is 156 cm³/mol. The van der Waals surface area contributed by atoms with E-state index in [4.69, 9.17) is 0 Å². The molecule has 228 valence electrons. The quantitative estimate of drug-likeness (QED) is 0.238. The molecule has 4 atom stereocenters. The number of rotatable bonds is 10. The monoisotopic (exact) mass is 584 g/mol. The molecule has 3 rings (SSSR count). The molecule has 1 aromatic carbocycles. The first-order chi connectivity index (χ1) is 19.6. The van der Waals surface area contributed by atoms with Gasteiger partial charge in [-0.2, -0.15) is 0 Å². The molecule has 3 amide bonds. The number of H-pyrrole nitrogens is 1. The van der Waals surface area contributed by atoms with Crippen molar-refractivity contribution in [3.05, 3.63) is 46.0 Å². The van der Waals surface area contributed by atoms with Gasteiger partial charge in [0.2, 0.25) is 11.8 Å². The summed E-state index contributed by atoms with van der Waals surface area (Å²) < 4.78 is 0. The van der Waals surface area contributed by atoms with Crippen molar-refractivity contribution in [3.63, 3.8) is 0 Å². The molecule has 2 aromatic rings. The second-order valence-electron chi connectivity index (χ2n) is 11.5. The summed E-state index contributed by atoms with van der Waals surface area (Å²) in [5.74, 6) is -2.63. The average Bonchev–Trinajstić information content (AvgIpc) is 2.93. The summed E-state index contributed by atoms with van der Waals surface area (Å²) in [6.07, 6.45) is 3.36. The molecule has 0 bridgehead atoms. The lowest BCUT2D eigenvalue weighted by molar-refractivity contribution is -0.148. The molecule has 1 aromatic heterocycles. The number of aliphatic hydroxyl groups excluding tert-OH is 1. The molecule has 0 saturated carbocycles. The largest absolute Gasteiger partial charge is 0.480 e. The number of aliphatic hydroxyl groups is 1. The van der Waals surface area contributed by atoms with E-state index in [1.807, 2.05) is 0 Å². The van der Waals surface area contributed by atoms with E-state index in [9.17, 15) is 34.2 Å². The number of hydrogen-bond acceptors (Lipinski definition) is 8. The maximum atomic E-state index is 13.3. The Kier molecular flexibility index (Phi) is 10.2. The third-order valence-corrected chi connectivity index (χ3v) is 7.14. The number of benzene rings is 1. The molecule has 13 nitrogen and oxygen atoms in total. The zero-order chi connectivity index (χ0) is 31.4. The van der Waals surface area contributed by atoms with Gasteiger partial charge in [-0.25, -0.2) is 10.4 Å². The van der Waals surface area contributed by atoms with Crippen LogP contribution in [0.3, 0.4) is 0 Å². The fourth-order valence-electron chi connectivity index (χ4n) is 4.44. The van der Waals surface area contributed by atoms with Crippen molar-refractivity contribution in [2.45, 2.75) is 78.6 Å². The highest BCUT2D eigenvalue weighted by Crippen LogP contribution is 2.22. The maximum Gasteiger partial charge on any atom is 0.322 e. The van der Waals surface area contributed by atoms with Gasteiger partial charge in [-0.1, -0.05) is 32.1 Å². The minimum Gasteiger partial charge on any atom is -0.480 e. The number of carbonyl (C=O) groups is 4. The van der Waals surface area contributed by atoms with E-state index >= 15 is 0 Å². The first-order valence-corrected chi connectivity index (χ1v) is 13.9. The summed E-state index contributed by atoms with van der Waals surface area (Å²) in [5.41, 5.74) is 2.36. The molecule has 2 heterocycles. The second kappa shape index (κ2) is 13.3. The SMILES string of the molecule is CC(NC(=O)C(NC(=O)C(C)(C)C=Cc1ccc2c(=O)[nH]c(C(C)O)nc2c1)C(C)C)C(=O)N1CCCC(C(=O)O)N1. The Morgan fingerprint density at radius 3 is 2.45 bits per heavy atom. The molecule has 4 unspecified atom stereocenters. The molecule has 42 heavy (non-hydrogen) atoms. The highest BCUT2D eigenvalue weighted by atomic mass is 16.4. The normalized spacial score (nSPS) is 18.1. The fraction of sp³-hybridized carbons (Fsp3) is 0.517. The van der Waals surface area contributed by atoms with Crippen molar-refractivity contribution >= 4 is 40.7 Å². The molecule has 1 saturated heterocycles. The first kappa shape index (κ1) is 32.4. The predicted octanol–water partition coefficient (Wildman–Crippen LogP) is 1.24. The number of nitrogens with zero attached hydrogens (tertiary/aromatic N) is 2. The molecular weight excluding hydrogens is 544 g/mol. The zero-order valence-corrected chi connectivity index (χ0v) is 24.7. The summed E-state index contributed by atoms with van der Waals surface area (Å²) in [7, 11) is 0. The minimum atomic E-state index is -1.05. The van der Waals surface area contributed by atoms with E-state index in [1.165, 1.54) is 18.9 Å². The van der Waals surface area contributed by atoms with Gasteiger partial charge in [-0.05, 0) is 64.2 Å². The third kappa shape index (κ3) is 7.79. The van der Waals surface area contributed by atoms with Gasteiger partial charge in [0.15, 0.2) is 0 Å². The Balaban J connectivity index is 1.68. The number of aromatic nitrogens is 2. The zero-order valence-electron chi connectivity index (χ0n) is 24.7. The van der Waals surface area contributed by atoms with Crippen molar-refractivity contribution < 1.29 is 29.4 Å². The molecule has 1 fully saturated rings. The van der Waals surface area contributed by atoms with E-state index in [0.717, 1.165) is 0 Å². The number of nitrogens with one attached hydrogen (secondary N) is 4. The Bertz CT molecular complexity index is 1430. The Labute approximate surface area is 243 Å². The average molecular weight is 585 g/mol. The summed E-state index contributed by atoms with van der Waals surface area (Å²) in [6.45, 7) is 10.3. The third-order valence-electron chi connectivity index (χ3n) is 7.14. The number of carboxylic acid groups (broad SMARTS) is 1. The number of aliphatic carboxylic acids is 1. The Morgan fingerprint density at radius 2 is 1.83 bits per heavy atom. The van der Waals surface area contributed by atoms with Crippen molar-refractivity contribution in [3.8, 4) is 0 Å². The van der Waals surface area contributed by atoms with Crippen LogP contribution in [-0.2, 0) is 19.2 Å². The summed E-state index contributed by atoms with van der Waals surface area (Å²) >= 11 is 0. The van der Waals surface area contributed by atoms with Crippen LogP contribution < -0.4 is 21.6 Å². The van der Waals surface area contributed by atoms with Gasteiger partial charge in [0.1, 0.15) is 30.1 Å². The Hall–Kier alpha value is -4.10. The van der Waals surface area contributed by atoms with E-state index in [2.05, 4.69) is 26.0 Å². The summed E-state index contributed by atoms with van der Waals surface area (Å²) in [5, 5.41) is 26.1. The highest BCUT2D eigenvalue weighted by molar-refractivity contribution is 5.94. The lowest BCUT2D eigenvalue weighted by atomic mass is 9.89. The number of amides is 3. The number of carbonyl (C=O) groups excluding carboxylic acids is 3. The molecular formula is C29H40N6O7. The fourth-order valence-corrected chi connectivity index (χ4v) is 4.44. The van der Waals surface area contributed by atoms with Crippen molar-refractivity contribution in [1.82, 2.24) is 31.0 Å². The maximum absolute atomic E-state index is 13.3. The van der Waals surface area contributed by atoms with Gasteiger partial charge in [0, 0.05) is 6.54 Å². The van der Waals surface area contributed by atoms with Crippen LogP contribution in [0.25, 0.3) is 17.0 Å². The number of fused-ring (bicyclic) bond motifs is 1. The van der Waals surface area contributed by atoms with Crippen LogP contribution in [0, 0.1) is 11.3 Å². The van der Waals surface area contributed by atoms with Gasteiger partial charge in [-0.15, -0.1) is 0 Å². The van der Waals surface area contributed by atoms with Gasteiger partial charge in [0.25, 0.3) is 11.5 Å².